The van der Waals surface area contributed by atoms with Crippen LogP contribution in [0.5, 0.6) is 0 Å². The van der Waals surface area contributed by atoms with E-state index in [1.165, 1.54) is 6.92 Å². The second-order valence-electron chi connectivity index (χ2n) is 10.0. The van der Waals surface area contributed by atoms with E-state index in [1.807, 2.05) is 0 Å². The summed E-state index contributed by atoms with van der Waals surface area (Å²) < 4.78 is 5.49. The Morgan fingerprint density at radius 1 is 1.19 bits per heavy atom. The van der Waals surface area contributed by atoms with Crippen molar-refractivity contribution in [2.24, 2.45) is 34.3 Å². The molecule has 0 aliphatic heterocycles. The second-order valence-corrected chi connectivity index (χ2v) is 10.0. The summed E-state index contributed by atoms with van der Waals surface area (Å²) in [5.74, 6) is 1.00. The number of carbonyl (C=O) groups excluding carboxylic acids is 2. The van der Waals surface area contributed by atoms with Crippen LogP contribution >= 0.6 is 0 Å². The van der Waals surface area contributed by atoms with Crippen molar-refractivity contribution in [3.63, 3.8) is 0 Å². The molecule has 3 N–H and O–H groups in total. The molecule has 0 radical (unpaired) electrons. The molecule has 4 fully saturated rings. The van der Waals surface area contributed by atoms with Crippen LogP contribution in [0.15, 0.2) is 0 Å². The predicted octanol–water partition coefficient (Wildman–Crippen LogP) is 2.58. The summed E-state index contributed by atoms with van der Waals surface area (Å²) in [4.78, 5) is 23.9. The van der Waals surface area contributed by atoms with Crippen LogP contribution in [0.4, 0.5) is 0 Å². The van der Waals surface area contributed by atoms with Crippen LogP contribution in [-0.4, -0.2) is 34.6 Å². The number of aliphatic hydroxyl groups is 1. The molecule has 5 heteroatoms. The fourth-order valence-corrected chi connectivity index (χ4v) is 7.52. The van der Waals surface area contributed by atoms with Gasteiger partial charge in [-0.1, -0.05) is 13.8 Å². The van der Waals surface area contributed by atoms with E-state index >= 15 is 0 Å². The molecule has 146 valence electrons. The zero-order valence-electron chi connectivity index (χ0n) is 16.3. The Hall–Kier alpha value is -0.940. The molecule has 4 rings (SSSR count). The van der Waals surface area contributed by atoms with Crippen molar-refractivity contribution in [3.05, 3.63) is 0 Å². The molecule has 0 unspecified atom stereocenters. The molecule has 0 aromatic heterocycles. The average Bonchev–Trinajstić information content (AvgIpc) is 2.82. The molecule has 0 spiro atoms. The second kappa shape index (κ2) is 5.78. The average molecular weight is 363 g/mol. The van der Waals surface area contributed by atoms with Gasteiger partial charge in [0.25, 0.3) is 0 Å². The van der Waals surface area contributed by atoms with E-state index < -0.39 is 11.6 Å². The molecular formula is C21H33NO4. The summed E-state index contributed by atoms with van der Waals surface area (Å²) in [7, 11) is 0. The summed E-state index contributed by atoms with van der Waals surface area (Å²) in [5.41, 5.74) is 6.03. The summed E-state index contributed by atoms with van der Waals surface area (Å²) in [5, 5.41) is 11.2. The number of ether oxygens (including phenoxy) is 1. The SMILES string of the molecule is CC(=O)O[C@@H]1CC[C@]2(C)[C@@H]3[C@@H](CC[C@]2(N)C1)[C@@H]1CCC(=O)[C@@]1(C)C[C@@H]3O. The number of esters is 1. The predicted molar refractivity (Wildman–Crippen MR) is 97.1 cm³/mol. The fourth-order valence-electron chi connectivity index (χ4n) is 7.52. The standard InChI is InChI=1S/C21H33NO4/c1-12(23)26-13-6-8-20(3)18-14(7-9-21(20,22)10-13)15-4-5-17(25)19(15,2)11-16(18)24/h13-16,18,24H,4-11,22H2,1-3H3/t13-,14+,15+,16+,18-,19+,20-,21+/m1/s1. The van der Waals surface area contributed by atoms with E-state index in [9.17, 15) is 14.7 Å². The molecule has 4 aliphatic carbocycles. The third-order valence-corrected chi connectivity index (χ3v) is 8.87. The monoisotopic (exact) mass is 363 g/mol. The molecule has 4 saturated carbocycles. The molecule has 0 amide bonds. The molecule has 0 heterocycles. The zero-order valence-corrected chi connectivity index (χ0v) is 16.3. The van der Waals surface area contributed by atoms with Crippen LogP contribution in [0.1, 0.15) is 72.1 Å². The maximum absolute atomic E-state index is 12.5. The van der Waals surface area contributed by atoms with Crippen molar-refractivity contribution in [1.29, 1.82) is 0 Å². The lowest BCUT2D eigenvalue weighted by Gasteiger charge is -2.65. The molecule has 4 aliphatic rings. The first-order valence-corrected chi connectivity index (χ1v) is 10.3. The summed E-state index contributed by atoms with van der Waals surface area (Å²) in [6, 6.07) is 0. The highest BCUT2D eigenvalue weighted by atomic mass is 16.5. The van der Waals surface area contributed by atoms with Crippen molar-refractivity contribution in [3.8, 4) is 0 Å². The Morgan fingerprint density at radius 2 is 1.92 bits per heavy atom. The number of ketones is 1. The highest BCUT2D eigenvalue weighted by Crippen LogP contribution is 2.66. The number of nitrogens with two attached hydrogens (primary N) is 1. The van der Waals surface area contributed by atoms with Crippen LogP contribution in [0.2, 0.25) is 0 Å². The van der Waals surface area contributed by atoms with Crippen LogP contribution in [-0.2, 0) is 14.3 Å². The maximum atomic E-state index is 12.5. The van der Waals surface area contributed by atoms with Crippen LogP contribution in [0.3, 0.4) is 0 Å². The molecule has 0 aromatic rings. The quantitative estimate of drug-likeness (QED) is 0.699. The Balaban J connectivity index is 1.65. The summed E-state index contributed by atoms with van der Waals surface area (Å²) in [6.07, 6.45) is 5.84. The lowest BCUT2D eigenvalue weighted by Crippen LogP contribution is -2.69. The number of rotatable bonds is 1. The van der Waals surface area contributed by atoms with E-state index in [4.69, 9.17) is 10.5 Å². The zero-order chi connectivity index (χ0) is 18.9. The normalized spacial score (nSPS) is 53.4. The van der Waals surface area contributed by atoms with Crippen molar-refractivity contribution in [2.75, 3.05) is 0 Å². The minimum absolute atomic E-state index is 0.110. The minimum atomic E-state index is -0.471. The summed E-state index contributed by atoms with van der Waals surface area (Å²) >= 11 is 0. The van der Waals surface area contributed by atoms with Crippen LogP contribution in [0, 0.1) is 28.6 Å². The molecule has 26 heavy (non-hydrogen) atoms. The van der Waals surface area contributed by atoms with E-state index in [1.54, 1.807) is 0 Å². The Labute approximate surface area is 156 Å². The number of fused-ring (bicyclic) bond motifs is 5. The largest absolute Gasteiger partial charge is 0.462 e. The van der Waals surface area contributed by atoms with Gasteiger partial charge in [0.1, 0.15) is 11.9 Å². The number of hydrogen-bond donors (Lipinski definition) is 2. The van der Waals surface area contributed by atoms with Gasteiger partial charge in [0, 0.05) is 30.7 Å². The lowest BCUT2D eigenvalue weighted by molar-refractivity contribution is -0.187. The molecule has 5 nitrogen and oxygen atoms in total. The van der Waals surface area contributed by atoms with Gasteiger partial charge in [-0.05, 0) is 61.7 Å². The number of hydrogen-bond acceptors (Lipinski definition) is 5. The third kappa shape index (κ3) is 2.35. The van der Waals surface area contributed by atoms with Gasteiger partial charge < -0.3 is 15.6 Å². The van der Waals surface area contributed by atoms with E-state index in [0.29, 0.717) is 36.9 Å². The first kappa shape index (κ1) is 18.4. The molecule has 0 bridgehead atoms. The number of carbonyl (C=O) groups is 2. The number of Topliss-reactive ketones (excluding diaryl/α,β-unsaturated/α-hetero) is 1. The van der Waals surface area contributed by atoms with E-state index in [0.717, 1.165) is 32.1 Å². The third-order valence-electron chi connectivity index (χ3n) is 8.87. The van der Waals surface area contributed by atoms with Crippen LogP contribution in [0.25, 0.3) is 0 Å². The van der Waals surface area contributed by atoms with Gasteiger partial charge in [0.15, 0.2) is 0 Å². The van der Waals surface area contributed by atoms with E-state index in [2.05, 4.69) is 13.8 Å². The fraction of sp³-hybridized carbons (Fsp3) is 0.905. The van der Waals surface area contributed by atoms with Gasteiger partial charge in [-0.3, -0.25) is 9.59 Å². The highest BCUT2D eigenvalue weighted by molar-refractivity contribution is 5.87. The Kier molecular flexibility index (Phi) is 4.09. The minimum Gasteiger partial charge on any atom is -0.462 e. The van der Waals surface area contributed by atoms with Gasteiger partial charge in [-0.25, -0.2) is 0 Å². The lowest BCUT2D eigenvalue weighted by atomic mass is 9.42. The molecule has 8 atom stereocenters. The van der Waals surface area contributed by atoms with Crippen LogP contribution < -0.4 is 5.73 Å². The van der Waals surface area contributed by atoms with Crippen molar-refractivity contribution in [2.45, 2.75) is 89.9 Å². The van der Waals surface area contributed by atoms with Crippen molar-refractivity contribution in [1.82, 2.24) is 0 Å². The van der Waals surface area contributed by atoms with Crippen molar-refractivity contribution >= 4 is 11.8 Å². The molecular weight excluding hydrogens is 330 g/mol. The van der Waals surface area contributed by atoms with E-state index in [-0.39, 0.29) is 28.8 Å². The van der Waals surface area contributed by atoms with Gasteiger partial charge >= 0.3 is 5.97 Å². The van der Waals surface area contributed by atoms with Gasteiger partial charge in [-0.2, -0.15) is 0 Å². The van der Waals surface area contributed by atoms with Gasteiger partial charge in [0.05, 0.1) is 6.10 Å². The van der Waals surface area contributed by atoms with Gasteiger partial charge in [-0.15, -0.1) is 0 Å². The Bertz CT molecular complexity index is 636. The van der Waals surface area contributed by atoms with Crippen molar-refractivity contribution < 1.29 is 19.4 Å². The maximum Gasteiger partial charge on any atom is 0.302 e. The Morgan fingerprint density at radius 3 is 2.62 bits per heavy atom. The van der Waals surface area contributed by atoms with Gasteiger partial charge in [0.2, 0.25) is 0 Å². The smallest absolute Gasteiger partial charge is 0.302 e. The molecule has 0 saturated heterocycles. The molecule has 0 aromatic carbocycles. The first-order chi connectivity index (χ1) is 12.1. The highest BCUT2D eigenvalue weighted by Gasteiger charge is 2.66. The first-order valence-electron chi connectivity index (χ1n) is 10.3. The topological polar surface area (TPSA) is 89.6 Å². The summed E-state index contributed by atoms with van der Waals surface area (Å²) in [6.45, 7) is 5.78. The number of aliphatic hydroxyl groups excluding tert-OH is 1.